The summed E-state index contributed by atoms with van der Waals surface area (Å²) in [5.74, 6) is 0.122. The number of nitrogens with two attached hydrogens (primary N) is 1. The van der Waals surface area contributed by atoms with E-state index in [0.29, 0.717) is 22.5 Å². The van der Waals surface area contributed by atoms with E-state index in [9.17, 15) is 0 Å². The van der Waals surface area contributed by atoms with Crippen LogP contribution in [0.3, 0.4) is 0 Å². The summed E-state index contributed by atoms with van der Waals surface area (Å²) in [4.78, 5) is 13.4. The van der Waals surface area contributed by atoms with Gasteiger partial charge in [0, 0.05) is 22.3 Å². The number of aryl methyl sites for hydroxylation is 1. The van der Waals surface area contributed by atoms with Crippen molar-refractivity contribution in [3.8, 4) is 0 Å². The summed E-state index contributed by atoms with van der Waals surface area (Å²) in [6.07, 6.45) is 3.59. The standard InChI is InChI=1S/C14H13Cl2N5S.C2H6/c1-6-3-18-8(7(2)11(6)15)4-21-5-9(22)10-12(16)19-14(17)20-13(10)21;1-2/h3,5,22H,4H2,1-2H3,(H2,17,19,20);1-2H3. The number of halogens is 2. The number of rotatable bonds is 2. The lowest BCUT2D eigenvalue weighted by Gasteiger charge is -2.10. The van der Waals surface area contributed by atoms with Gasteiger partial charge in [0.25, 0.3) is 0 Å². The number of hydrogen-bond acceptors (Lipinski definition) is 5. The topological polar surface area (TPSA) is 69.6 Å². The number of hydrogen-bond donors (Lipinski definition) is 2. The Bertz CT molecular complexity index is 892. The number of nitrogens with zero attached hydrogens (tertiary/aromatic N) is 4. The van der Waals surface area contributed by atoms with Gasteiger partial charge in [-0.2, -0.15) is 4.98 Å². The van der Waals surface area contributed by atoms with E-state index >= 15 is 0 Å². The molecule has 0 aliphatic rings. The van der Waals surface area contributed by atoms with E-state index in [-0.39, 0.29) is 11.1 Å². The molecule has 0 unspecified atom stereocenters. The van der Waals surface area contributed by atoms with Crippen LogP contribution in [0.1, 0.15) is 30.7 Å². The Morgan fingerprint density at radius 3 is 2.54 bits per heavy atom. The summed E-state index contributed by atoms with van der Waals surface area (Å²) in [6, 6.07) is 0. The predicted molar refractivity (Wildman–Crippen MR) is 103 cm³/mol. The zero-order valence-corrected chi connectivity index (χ0v) is 16.3. The number of fused-ring (bicyclic) bond motifs is 1. The summed E-state index contributed by atoms with van der Waals surface area (Å²) < 4.78 is 1.89. The molecule has 3 aromatic rings. The molecule has 0 aliphatic heterocycles. The largest absolute Gasteiger partial charge is 0.368 e. The third kappa shape index (κ3) is 3.45. The minimum atomic E-state index is 0.122. The zero-order valence-electron chi connectivity index (χ0n) is 13.9. The number of pyridine rings is 1. The molecule has 128 valence electrons. The molecule has 0 spiro atoms. The van der Waals surface area contributed by atoms with Crippen LogP contribution in [0.2, 0.25) is 10.2 Å². The normalized spacial score (nSPS) is 10.6. The molecule has 3 heterocycles. The van der Waals surface area contributed by atoms with Crippen LogP contribution in [0.15, 0.2) is 17.3 Å². The van der Waals surface area contributed by atoms with Gasteiger partial charge in [0.2, 0.25) is 5.95 Å². The Kier molecular flexibility index (Phi) is 5.96. The van der Waals surface area contributed by atoms with Gasteiger partial charge in [0.1, 0.15) is 10.8 Å². The molecule has 5 nitrogen and oxygen atoms in total. The molecule has 0 radical (unpaired) electrons. The number of anilines is 1. The average molecular weight is 384 g/mol. The molecule has 0 bridgehead atoms. The molecule has 3 rings (SSSR count). The second kappa shape index (κ2) is 7.59. The van der Waals surface area contributed by atoms with E-state index in [1.807, 2.05) is 38.5 Å². The highest BCUT2D eigenvalue weighted by atomic mass is 35.5. The minimum Gasteiger partial charge on any atom is -0.368 e. The Morgan fingerprint density at radius 2 is 1.88 bits per heavy atom. The molecule has 0 saturated heterocycles. The smallest absolute Gasteiger partial charge is 0.223 e. The highest BCUT2D eigenvalue weighted by Gasteiger charge is 2.15. The molecule has 0 aliphatic carbocycles. The van der Waals surface area contributed by atoms with Crippen LogP contribution in [-0.2, 0) is 6.54 Å². The molecule has 0 atom stereocenters. The zero-order chi connectivity index (χ0) is 18.0. The first-order chi connectivity index (χ1) is 11.4. The summed E-state index contributed by atoms with van der Waals surface area (Å²) >= 11 is 16.9. The molecule has 2 N–H and O–H groups in total. The molecule has 8 heteroatoms. The summed E-state index contributed by atoms with van der Waals surface area (Å²) in [7, 11) is 0. The Labute approximate surface area is 156 Å². The third-order valence-corrected chi connectivity index (χ3v) is 4.71. The second-order valence-corrected chi connectivity index (χ2v) is 6.26. The van der Waals surface area contributed by atoms with Crippen molar-refractivity contribution in [1.82, 2.24) is 19.5 Å². The van der Waals surface area contributed by atoms with Gasteiger partial charge in [-0.1, -0.05) is 37.0 Å². The van der Waals surface area contributed by atoms with Crippen molar-refractivity contribution in [2.45, 2.75) is 39.1 Å². The van der Waals surface area contributed by atoms with Crippen LogP contribution < -0.4 is 5.73 Å². The van der Waals surface area contributed by atoms with Gasteiger partial charge < -0.3 is 10.3 Å². The Morgan fingerprint density at radius 1 is 1.21 bits per heavy atom. The first kappa shape index (κ1) is 18.8. The summed E-state index contributed by atoms with van der Waals surface area (Å²) in [5, 5.41) is 1.69. The highest BCUT2D eigenvalue weighted by Crippen LogP contribution is 2.30. The van der Waals surface area contributed by atoms with Gasteiger partial charge in [-0.15, -0.1) is 12.6 Å². The van der Waals surface area contributed by atoms with Crippen LogP contribution in [-0.4, -0.2) is 19.5 Å². The molecule has 0 fully saturated rings. The van der Waals surface area contributed by atoms with Gasteiger partial charge in [-0.25, -0.2) is 4.98 Å². The van der Waals surface area contributed by atoms with Gasteiger partial charge >= 0.3 is 0 Å². The molecule has 0 saturated carbocycles. The Hall–Kier alpha value is -1.50. The SMILES string of the molecule is CC.Cc1cnc(Cn2cc(S)c3c(Cl)nc(N)nc32)c(C)c1Cl. The second-order valence-electron chi connectivity index (χ2n) is 5.04. The van der Waals surface area contributed by atoms with Crippen molar-refractivity contribution in [1.29, 1.82) is 0 Å². The van der Waals surface area contributed by atoms with E-state index in [1.54, 1.807) is 6.20 Å². The van der Waals surface area contributed by atoms with Crippen molar-refractivity contribution < 1.29 is 0 Å². The van der Waals surface area contributed by atoms with Crippen LogP contribution in [0, 0.1) is 13.8 Å². The van der Waals surface area contributed by atoms with Crippen LogP contribution >= 0.6 is 35.8 Å². The first-order valence-electron chi connectivity index (χ1n) is 7.50. The van der Waals surface area contributed by atoms with Gasteiger partial charge in [-0.3, -0.25) is 4.98 Å². The van der Waals surface area contributed by atoms with Gasteiger partial charge in [0.15, 0.2) is 0 Å². The maximum atomic E-state index is 6.29. The Balaban J connectivity index is 0.00000100. The van der Waals surface area contributed by atoms with E-state index in [0.717, 1.165) is 21.8 Å². The lowest BCUT2D eigenvalue weighted by molar-refractivity contribution is 0.784. The van der Waals surface area contributed by atoms with Crippen molar-refractivity contribution >= 4 is 52.8 Å². The first-order valence-corrected chi connectivity index (χ1v) is 8.70. The van der Waals surface area contributed by atoms with E-state index in [4.69, 9.17) is 28.9 Å². The quantitative estimate of drug-likeness (QED) is 0.497. The average Bonchev–Trinajstić information content (AvgIpc) is 2.86. The van der Waals surface area contributed by atoms with Crippen LogP contribution in [0.5, 0.6) is 0 Å². The lowest BCUT2D eigenvalue weighted by Crippen LogP contribution is -2.06. The lowest BCUT2D eigenvalue weighted by atomic mass is 10.1. The van der Waals surface area contributed by atoms with E-state index in [2.05, 4.69) is 27.6 Å². The fraction of sp³-hybridized carbons (Fsp3) is 0.312. The molecular formula is C16H19Cl2N5S. The van der Waals surface area contributed by atoms with Gasteiger partial charge in [-0.05, 0) is 25.0 Å². The molecular weight excluding hydrogens is 365 g/mol. The fourth-order valence-electron chi connectivity index (χ4n) is 2.33. The molecule has 0 amide bonds. The van der Waals surface area contributed by atoms with Crippen LogP contribution in [0.4, 0.5) is 5.95 Å². The van der Waals surface area contributed by atoms with Crippen molar-refractivity contribution in [3.63, 3.8) is 0 Å². The predicted octanol–water partition coefficient (Wildman–Crippen LogP) is 4.70. The number of thiol groups is 1. The highest BCUT2D eigenvalue weighted by molar-refractivity contribution is 7.80. The van der Waals surface area contributed by atoms with Crippen molar-refractivity contribution in [2.75, 3.05) is 5.73 Å². The van der Waals surface area contributed by atoms with Gasteiger partial charge in [0.05, 0.1) is 17.6 Å². The monoisotopic (exact) mass is 383 g/mol. The van der Waals surface area contributed by atoms with E-state index in [1.165, 1.54) is 0 Å². The minimum absolute atomic E-state index is 0.122. The third-order valence-electron chi connectivity index (χ3n) is 3.51. The van der Waals surface area contributed by atoms with E-state index < -0.39 is 0 Å². The molecule has 0 aromatic carbocycles. The number of nitrogen functional groups attached to an aromatic ring is 1. The maximum absolute atomic E-state index is 6.29. The molecule has 3 aromatic heterocycles. The maximum Gasteiger partial charge on any atom is 0.223 e. The summed E-state index contributed by atoms with van der Waals surface area (Å²) in [5.41, 5.74) is 9.06. The number of aromatic nitrogens is 4. The molecule has 24 heavy (non-hydrogen) atoms. The van der Waals surface area contributed by atoms with Crippen molar-refractivity contribution in [3.05, 3.63) is 39.4 Å². The summed E-state index contributed by atoms with van der Waals surface area (Å²) in [6.45, 7) is 8.37. The van der Waals surface area contributed by atoms with Crippen molar-refractivity contribution in [2.24, 2.45) is 0 Å². The fourth-order valence-corrected chi connectivity index (χ4v) is 3.17. The van der Waals surface area contributed by atoms with Crippen LogP contribution in [0.25, 0.3) is 11.0 Å².